The monoisotopic (exact) mass is 288 g/mol. The Morgan fingerprint density at radius 2 is 1.76 bits per heavy atom. The molecule has 1 aliphatic rings. The molecule has 2 rings (SSSR count). The smallest absolute Gasteiger partial charge is 0.0345 e. The molecule has 2 heteroatoms. The van der Waals surface area contributed by atoms with Gasteiger partial charge in [-0.2, -0.15) is 0 Å². The zero-order valence-electron chi connectivity index (χ0n) is 14.1. The van der Waals surface area contributed by atoms with Crippen LogP contribution in [-0.4, -0.2) is 31.1 Å². The quantitative estimate of drug-likeness (QED) is 0.815. The largest absolute Gasteiger partial charge is 0.317 e. The highest BCUT2D eigenvalue weighted by Crippen LogP contribution is 2.27. The van der Waals surface area contributed by atoms with Crippen molar-refractivity contribution in [3.05, 3.63) is 35.4 Å². The molecule has 0 saturated carbocycles. The van der Waals surface area contributed by atoms with E-state index in [0.29, 0.717) is 6.04 Å². The van der Waals surface area contributed by atoms with Gasteiger partial charge in [-0.1, -0.05) is 45.0 Å². The summed E-state index contributed by atoms with van der Waals surface area (Å²) in [4.78, 5) is 2.69. The van der Waals surface area contributed by atoms with E-state index >= 15 is 0 Å². The summed E-state index contributed by atoms with van der Waals surface area (Å²) < 4.78 is 0. The van der Waals surface area contributed by atoms with Gasteiger partial charge in [-0.25, -0.2) is 0 Å². The molecule has 21 heavy (non-hydrogen) atoms. The normalized spacial score (nSPS) is 18.1. The van der Waals surface area contributed by atoms with Gasteiger partial charge < -0.3 is 5.32 Å². The molecule has 118 valence electrons. The molecule has 1 aliphatic heterocycles. The molecule has 0 aromatic heterocycles. The molecular formula is C19H32N2. The molecule has 0 spiro atoms. The van der Waals surface area contributed by atoms with Gasteiger partial charge in [-0.15, -0.1) is 0 Å². The standard InChI is InChI=1S/C19H32N2/c1-4-16-7-9-18(10-8-16)19(5-2)21(6-3)15-17-11-13-20-14-12-17/h7-10,17,19-20H,4-6,11-15H2,1-3H3. The summed E-state index contributed by atoms with van der Waals surface area (Å²) in [5.41, 5.74) is 2.93. The Labute approximate surface area is 130 Å². The second-order valence-electron chi connectivity index (χ2n) is 6.30. The van der Waals surface area contributed by atoms with Crippen molar-refractivity contribution in [2.75, 3.05) is 26.2 Å². The maximum Gasteiger partial charge on any atom is 0.0345 e. The maximum absolute atomic E-state index is 3.48. The van der Waals surface area contributed by atoms with Crippen LogP contribution in [0.25, 0.3) is 0 Å². The Kier molecular flexibility index (Phi) is 6.72. The second-order valence-corrected chi connectivity index (χ2v) is 6.30. The van der Waals surface area contributed by atoms with Crippen molar-refractivity contribution in [1.82, 2.24) is 10.2 Å². The molecule has 1 N–H and O–H groups in total. The predicted molar refractivity (Wildman–Crippen MR) is 91.7 cm³/mol. The number of benzene rings is 1. The van der Waals surface area contributed by atoms with E-state index in [4.69, 9.17) is 0 Å². The number of rotatable bonds is 7. The lowest BCUT2D eigenvalue weighted by atomic mass is 9.94. The lowest BCUT2D eigenvalue weighted by Crippen LogP contribution is -2.38. The van der Waals surface area contributed by atoms with Crippen LogP contribution in [-0.2, 0) is 6.42 Å². The number of nitrogens with zero attached hydrogens (tertiary/aromatic N) is 1. The first-order valence-corrected chi connectivity index (χ1v) is 8.82. The Balaban J connectivity index is 2.04. The van der Waals surface area contributed by atoms with Gasteiger partial charge in [0.1, 0.15) is 0 Å². The van der Waals surface area contributed by atoms with E-state index in [9.17, 15) is 0 Å². The first-order valence-electron chi connectivity index (χ1n) is 8.82. The fourth-order valence-corrected chi connectivity index (χ4v) is 3.55. The number of piperidine rings is 1. The van der Waals surface area contributed by atoms with Crippen LogP contribution < -0.4 is 5.32 Å². The average Bonchev–Trinajstić information content (AvgIpc) is 2.56. The van der Waals surface area contributed by atoms with Crippen LogP contribution in [0.15, 0.2) is 24.3 Å². The molecule has 1 fully saturated rings. The van der Waals surface area contributed by atoms with E-state index in [2.05, 4.69) is 55.3 Å². The second kappa shape index (κ2) is 8.55. The highest BCUT2D eigenvalue weighted by molar-refractivity contribution is 5.25. The van der Waals surface area contributed by atoms with Crippen LogP contribution in [0, 0.1) is 5.92 Å². The summed E-state index contributed by atoms with van der Waals surface area (Å²) in [6.07, 6.45) is 5.00. The van der Waals surface area contributed by atoms with Gasteiger partial charge in [0.25, 0.3) is 0 Å². The van der Waals surface area contributed by atoms with Crippen LogP contribution in [0.2, 0.25) is 0 Å². The zero-order valence-corrected chi connectivity index (χ0v) is 14.1. The number of nitrogens with one attached hydrogen (secondary N) is 1. The molecular weight excluding hydrogens is 256 g/mol. The molecule has 1 unspecified atom stereocenters. The van der Waals surface area contributed by atoms with Crippen LogP contribution >= 0.6 is 0 Å². The van der Waals surface area contributed by atoms with Gasteiger partial charge in [0.05, 0.1) is 0 Å². The Bertz CT molecular complexity index is 393. The van der Waals surface area contributed by atoms with Crippen LogP contribution in [0.3, 0.4) is 0 Å². The first-order chi connectivity index (χ1) is 10.3. The third-order valence-corrected chi connectivity index (χ3v) is 4.96. The Hall–Kier alpha value is -0.860. The number of hydrogen-bond acceptors (Lipinski definition) is 2. The molecule has 1 aromatic carbocycles. The third-order valence-electron chi connectivity index (χ3n) is 4.96. The van der Waals surface area contributed by atoms with E-state index in [-0.39, 0.29) is 0 Å². The molecule has 2 nitrogen and oxygen atoms in total. The van der Waals surface area contributed by atoms with E-state index in [0.717, 1.165) is 18.9 Å². The molecule has 1 heterocycles. The highest BCUT2D eigenvalue weighted by atomic mass is 15.2. The van der Waals surface area contributed by atoms with E-state index in [1.165, 1.54) is 50.0 Å². The predicted octanol–water partition coefficient (Wildman–Crippen LogP) is 4.02. The minimum Gasteiger partial charge on any atom is -0.317 e. The Morgan fingerprint density at radius 1 is 1.10 bits per heavy atom. The fourth-order valence-electron chi connectivity index (χ4n) is 3.55. The lowest BCUT2D eigenvalue weighted by Gasteiger charge is -2.35. The minimum atomic E-state index is 0.579. The van der Waals surface area contributed by atoms with Crippen molar-refractivity contribution in [3.63, 3.8) is 0 Å². The van der Waals surface area contributed by atoms with Crippen molar-refractivity contribution in [1.29, 1.82) is 0 Å². The van der Waals surface area contributed by atoms with Crippen LogP contribution in [0.5, 0.6) is 0 Å². The third kappa shape index (κ3) is 4.55. The van der Waals surface area contributed by atoms with Crippen molar-refractivity contribution in [3.8, 4) is 0 Å². The molecule has 1 atom stereocenters. The topological polar surface area (TPSA) is 15.3 Å². The summed E-state index contributed by atoms with van der Waals surface area (Å²) in [7, 11) is 0. The average molecular weight is 288 g/mol. The molecule has 0 aliphatic carbocycles. The number of aryl methyl sites for hydroxylation is 1. The number of hydrogen-bond donors (Lipinski definition) is 1. The first kappa shape index (κ1) is 16.5. The molecule has 0 amide bonds. The molecule has 1 aromatic rings. The van der Waals surface area contributed by atoms with Gasteiger partial charge in [0.15, 0.2) is 0 Å². The summed E-state index contributed by atoms with van der Waals surface area (Å²) in [5, 5.41) is 3.48. The van der Waals surface area contributed by atoms with E-state index < -0.39 is 0 Å². The van der Waals surface area contributed by atoms with Crippen molar-refractivity contribution in [2.45, 2.75) is 52.5 Å². The zero-order chi connectivity index (χ0) is 15.1. The fraction of sp³-hybridized carbons (Fsp3) is 0.684. The van der Waals surface area contributed by atoms with Crippen LogP contribution in [0.4, 0.5) is 0 Å². The summed E-state index contributed by atoms with van der Waals surface area (Å²) in [6, 6.07) is 9.87. The van der Waals surface area contributed by atoms with Gasteiger partial charge in [0, 0.05) is 12.6 Å². The van der Waals surface area contributed by atoms with Gasteiger partial charge in [-0.3, -0.25) is 4.90 Å². The van der Waals surface area contributed by atoms with Crippen LogP contribution in [0.1, 0.15) is 57.2 Å². The summed E-state index contributed by atoms with van der Waals surface area (Å²) in [6.45, 7) is 11.7. The van der Waals surface area contributed by atoms with Crippen molar-refractivity contribution < 1.29 is 0 Å². The molecule has 0 bridgehead atoms. The van der Waals surface area contributed by atoms with Gasteiger partial charge in [-0.05, 0) is 62.4 Å². The maximum atomic E-state index is 3.48. The Morgan fingerprint density at radius 3 is 2.29 bits per heavy atom. The van der Waals surface area contributed by atoms with Gasteiger partial charge in [0.2, 0.25) is 0 Å². The molecule has 0 radical (unpaired) electrons. The van der Waals surface area contributed by atoms with Crippen molar-refractivity contribution >= 4 is 0 Å². The molecule has 1 saturated heterocycles. The van der Waals surface area contributed by atoms with E-state index in [1.54, 1.807) is 0 Å². The summed E-state index contributed by atoms with van der Waals surface area (Å²) in [5.74, 6) is 0.871. The lowest BCUT2D eigenvalue weighted by molar-refractivity contribution is 0.155. The minimum absolute atomic E-state index is 0.579. The highest BCUT2D eigenvalue weighted by Gasteiger charge is 2.22. The summed E-state index contributed by atoms with van der Waals surface area (Å²) >= 11 is 0. The van der Waals surface area contributed by atoms with Crippen molar-refractivity contribution in [2.24, 2.45) is 5.92 Å². The van der Waals surface area contributed by atoms with E-state index in [1.807, 2.05) is 0 Å². The SMILES string of the molecule is CCc1ccc(C(CC)N(CC)CC2CCNCC2)cc1. The van der Waals surface area contributed by atoms with Gasteiger partial charge >= 0.3 is 0 Å².